The molecule has 0 aliphatic rings. The van der Waals surface area contributed by atoms with E-state index in [0.29, 0.717) is 24.6 Å². The number of carbonyl (C=O) groups is 1. The Morgan fingerprint density at radius 3 is 2.55 bits per heavy atom. The topological polar surface area (TPSA) is 88.0 Å². The lowest BCUT2D eigenvalue weighted by molar-refractivity contribution is -0.109. The molecule has 2 N–H and O–H groups in total. The second-order valence-electron chi connectivity index (χ2n) is 8.89. The van der Waals surface area contributed by atoms with E-state index in [1.807, 2.05) is 30.2 Å². The Bertz CT molecular complexity index is 1030. The summed E-state index contributed by atoms with van der Waals surface area (Å²) in [5.74, 6) is 0.564. The number of nitrogens with zero attached hydrogens (tertiary/aromatic N) is 5. The monoisotopic (exact) mass is 449 g/mol. The molecule has 1 aromatic carbocycles. The molecule has 0 saturated heterocycles. The summed E-state index contributed by atoms with van der Waals surface area (Å²) in [6.45, 7) is 6.93. The molecular formula is C25H35N7O. The van der Waals surface area contributed by atoms with Crippen molar-refractivity contribution in [1.29, 1.82) is 0 Å². The van der Waals surface area contributed by atoms with Crippen LogP contribution in [0.3, 0.4) is 0 Å². The van der Waals surface area contributed by atoms with Crippen molar-refractivity contribution in [3.63, 3.8) is 0 Å². The third kappa shape index (κ3) is 6.86. The highest BCUT2D eigenvalue weighted by molar-refractivity contribution is 5.64. The predicted octanol–water partition coefficient (Wildman–Crippen LogP) is 3.97. The standard InChI is InChI=1S/C25H35N7O/c1-18(2)32-16-21(15-28-32)24-19(3)14-27-25(30-24)29-22-10-8-20(9-11-22)13-23(31(4)5)7-6-12-26-17-33/h8-11,14-18,23H,6-7,12-13H2,1-5H3,(H,26,33)(H,27,29,30). The van der Waals surface area contributed by atoms with Gasteiger partial charge in [-0.1, -0.05) is 12.1 Å². The average Bonchev–Trinajstić information content (AvgIpc) is 3.29. The molecule has 0 aliphatic carbocycles. The first-order valence-electron chi connectivity index (χ1n) is 11.4. The van der Waals surface area contributed by atoms with Gasteiger partial charge < -0.3 is 15.5 Å². The summed E-state index contributed by atoms with van der Waals surface area (Å²) >= 11 is 0. The highest BCUT2D eigenvalue weighted by atomic mass is 16.1. The smallest absolute Gasteiger partial charge is 0.227 e. The number of likely N-dealkylation sites (N-methyl/N-ethyl adjacent to an activating group) is 1. The molecule has 3 aromatic rings. The van der Waals surface area contributed by atoms with Gasteiger partial charge in [-0.15, -0.1) is 0 Å². The van der Waals surface area contributed by atoms with Gasteiger partial charge in [0.2, 0.25) is 12.4 Å². The maximum atomic E-state index is 10.4. The molecule has 0 aliphatic heterocycles. The molecular weight excluding hydrogens is 414 g/mol. The fourth-order valence-corrected chi connectivity index (χ4v) is 3.70. The van der Waals surface area contributed by atoms with E-state index in [4.69, 9.17) is 4.98 Å². The normalized spacial score (nSPS) is 12.2. The van der Waals surface area contributed by atoms with Crippen molar-refractivity contribution >= 4 is 18.0 Å². The van der Waals surface area contributed by atoms with Crippen molar-refractivity contribution in [2.45, 2.75) is 52.1 Å². The van der Waals surface area contributed by atoms with Crippen LogP contribution < -0.4 is 10.6 Å². The third-order valence-corrected chi connectivity index (χ3v) is 5.73. The van der Waals surface area contributed by atoms with Gasteiger partial charge in [0, 0.05) is 42.3 Å². The number of carbonyl (C=O) groups excluding carboxylic acids is 1. The van der Waals surface area contributed by atoms with E-state index in [1.54, 1.807) is 0 Å². The molecule has 0 bridgehead atoms. The fraction of sp³-hybridized carbons (Fsp3) is 0.440. The number of hydrogen-bond acceptors (Lipinski definition) is 6. The predicted molar refractivity (Wildman–Crippen MR) is 133 cm³/mol. The Labute approximate surface area is 196 Å². The summed E-state index contributed by atoms with van der Waals surface area (Å²) in [5, 5.41) is 10.5. The SMILES string of the molecule is Cc1cnc(Nc2ccc(CC(CCCNC=O)N(C)C)cc2)nc1-c1cnn(C(C)C)c1. The van der Waals surface area contributed by atoms with Crippen LogP contribution in [0.15, 0.2) is 42.9 Å². The number of anilines is 2. The van der Waals surface area contributed by atoms with E-state index in [0.717, 1.165) is 48.2 Å². The largest absolute Gasteiger partial charge is 0.359 e. The van der Waals surface area contributed by atoms with Gasteiger partial charge >= 0.3 is 0 Å². The van der Waals surface area contributed by atoms with Crippen LogP contribution in [0.5, 0.6) is 0 Å². The molecule has 1 atom stereocenters. The summed E-state index contributed by atoms with van der Waals surface area (Å²) in [6.07, 6.45) is 9.42. The lowest BCUT2D eigenvalue weighted by Crippen LogP contribution is -2.31. The lowest BCUT2D eigenvalue weighted by atomic mass is 10.0. The van der Waals surface area contributed by atoms with Gasteiger partial charge in [-0.05, 0) is 77.4 Å². The maximum Gasteiger partial charge on any atom is 0.227 e. The van der Waals surface area contributed by atoms with Gasteiger partial charge in [0.05, 0.1) is 11.9 Å². The minimum absolute atomic E-state index is 0.303. The van der Waals surface area contributed by atoms with Crippen molar-refractivity contribution in [3.05, 3.63) is 54.0 Å². The van der Waals surface area contributed by atoms with Crippen LogP contribution in [0, 0.1) is 6.92 Å². The second-order valence-corrected chi connectivity index (χ2v) is 8.89. The number of benzene rings is 1. The van der Waals surface area contributed by atoms with Crippen LogP contribution >= 0.6 is 0 Å². The third-order valence-electron chi connectivity index (χ3n) is 5.73. The van der Waals surface area contributed by atoms with Gasteiger partial charge in [0.15, 0.2) is 0 Å². The van der Waals surface area contributed by atoms with Gasteiger partial charge in [-0.3, -0.25) is 9.48 Å². The van der Waals surface area contributed by atoms with Crippen LogP contribution in [0.25, 0.3) is 11.3 Å². The highest BCUT2D eigenvalue weighted by Crippen LogP contribution is 2.24. The van der Waals surface area contributed by atoms with Crippen molar-refractivity contribution in [2.24, 2.45) is 0 Å². The molecule has 2 heterocycles. The van der Waals surface area contributed by atoms with Gasteiger partial charge in [-0.25, -0.2) is 9.97 Å². The molecule has 176 valence electrons. The molecule has 8 heteroatoms. The molecule has 0 saturated carbocycles. The van der Waals surface area contributed by atoms with Gasteiger partial charge in [0.25, 0.3) is 0 Å². The van der Waals surface area contributed by atoms with Crippen LogP contribution in [-0.4, -0.2) is 57.7 Å². The van der Waals surface area contributed by atoms with E-state index in [2.05, 4.69) is 77.8 Å². The number of nitrogens with one attached hydrogen (secondary N) is 2. The number of rotatable bonds is 12. The summed E-state index contributed by atoms with van der Waals surface area (Å²) in [4.78, 5) is 21.9. The van der Waals surface area contributed by atoms with E-state index >= 15 is 0 Å². The summed E-state index contributed by atoms with van der Waals surface area (Å²) in [6, 6.07) is 9.14. The fourth-order valence-electron chi connectivity index (χ4n) is 3.70. The van der Waals surface area contributed by atoms with Crippen molar-refractivity contribution < 1.29 is 4.79 Å². The van der Waals surface area contributed by atoms with Gasteiger partial charge in [0.1, 0.15) is 0 Å². The molecule has 2 aromatic heterocycles. The van der Waals surface area contributed by atoms with Gasteiger partial charge in [-0.2, -0.15) is 5.10 Å². The summed E-state index contributed by atoms with van der Waals surface area (Å²) in [5.41, 5.74) is 5.10. The van der Waals surface area contributed by atoms with E-state index in [9.17, 15) is 4.79 Å². The average molecular weight is 450 g/mol. The molecule has 1 unspecified atom stereocenters. The molecule has 0 radical (unpaired) electrons. The van der Waals surface area contributed by atoms with Crippen LogP contribution in [-0.2, 0) is 11.2 Å². The second kappa shape index (κ2) is 11.6. The van der Waals surface area contributed by atoms with Crippen LogP contribution in [0.2, 0.25) is 0 Å². The van der Waals surface area contributed by atoms with E-state index < -0.39 is 0 Å². The first-order valence-corrected chi connectivity index (χ1v) is 11.4. The zero-order valence-electron chi connectivity index (χ0n) is 20.2. The maximum absolute atomic E-state index is 10.4. The minimum atomic E-state index is 0.303. The quantitative estimate of drug-likeness (QED) is 0.321. The summed E-state index contributed by atoms with van der Waals surface area (Å²) in [7, 11) is 4.20. The van der Waals surface area contributed by atoms with Crippen molar-refractivity contribution in [1.82, 2.24) is 30.0 Å². The Morgan fingerprint density at radius 2 is 1.91 bits per heavy atom. The number of amides is 1. The van der Waals surface area contributed by atoms with E-state index in [-0.39, 0.29) is 0 Å². The first-order chi connectivity index (χ1) is 15.9. The van der Waals surface area contributed by atoms with Crippen LogP contribution in [0.1, 0.15) is 43.9 Å². The molecule has 0 spiro atoms. The van der Waals surface area contributed by atoms with Crippen LogP contribution in [0.4, 0.5) is 11.6 Å². The van der Waals surface area contributed by atoms with E-state index in [1.165, 1.54) is 5.56 Å². The molecule has 3 rings (SSSR count). The zero-order chi connectivity index (χ0) is 23.8. The molecule has 0 fully saturated rings. The lowest BCUT2D eigenvalue weighted by Gasteiger charge is -2.24. The molecule has 1 amide bonds. The minimum Gasteiger partial charge on any atom is -0.359 e. The Balaban J connectivity index is 1.66. The zero-order valence-corrected chi connectivity index (χ0v) is 20.2. The van der Waals surface area contributed by atoms with Crippen molar-refractivity contribution in [2.75, 3.05) is 26.0 Å². The highest BCUT2D eigenvalue weighted by Gasteiger charge is 2.13. The Morgan fingerprint density at radius 1 is 1.15 bits per heavy atom. The molecule has 8 nitrogen and oxygen atoms in total. The number of aromatic nitrogens is 4. The first kappa shape index (κ1) is 24.4. The Kier molecular flexibility index (Phi) is 8.54. The summed E-state index contributed by atoms with van der Waals surface area (Å²) < 4.78 is 1.93. The molecule has 33 heavy (non-hydrogen) atoms. The number of aryl methyl sites for hydroxylation is 1. The van der Waals surface area contributed by atoms with Crippen molar-refractivity contribution in [3.8, 4) is 11.3 Å². The number of hydrogen-bond donors (Lipinski definition) is 2. The Hall–Kier alpha value is -3.26.